The highest BCUT2D eigenvalue weighted by molar-refractivity contribution is 6.10. The Balaban J connectivity index is 0.00000128. The fourth-order valence-electron chi connectivity index (χ4n) is 5.51. The number of benzene rings is 4. The molecule has 1 heterocycles. The highest BCUT2D eigenvalue weighted by atomic mass is 16.5. The zero-order valence-corrected chi connectivity index (χ0v) is 28.8. The second-order valence-electron chi connectivity index (χ2n) is 11.9. The minimum atomic E-state index is 0.154. The van der Waals surface area contributed by atoms with E-state index in [-0.39, 0.29) is 5.75 Å². The zero-order valence-electron chi connectivity index (χ0n) is 28.8. The largest absolute Gasteiger partial charge is 0.508 e. The maximum Gasteiger partial charge on any atom is 0.123 e. The zero-order chi connectivity index (χ0) is 35.0. The third kappa shape index (κ3) is 10.3. The molecule has 5 aromatic rings. The van der Waals surface area contributed by atoms with Gasteiger partial charge in [-0.2, -0.15) is 0 Å². The standard InChI is InChI=1S/C36H45N5O4.C3H9N/c37-9-1-13-41-35-7-5-25(27-17-29(42)23-30(18-27)43-14-2-10-38)21-33(35)34-22-26(6-8-36(34)41)28-19-31(44-15-3-11-39)24-32(20-28)45-16-4-12-40;1-2-3-4/h5-8,17-24,42H,1-4,9-16,37-40H2;2-4H2,1H3. The lowest BCUT2D eigenvalue weighted by Crippen LogP contribution is -2.07. The summed E-state index contributed by atoms with van der Waals surface area (Å²) in [7, 11) is 0. The topological polar surface area (TPSA) is 183 Å². The lowest BCUT2D eigenvalue weighted by molar-refractivity contribution is 0.298. The second kappa shape index (κ2) is 19.6. The summed E-state index contributed by atoms with van der Waals surface area (Å²) in [4.78, 5) is 0. The van der Waals surface area contributed by atoms with Crippen LogP contribution in [0.5, 0.6) is 23.0 Å². The molecule has 0 amide bonds. The lowest BCUT2D eigenvalue weighted by atomic mass is 9.99. The maximum absolute atomic E-state index is 10.5. The number of aromatic nitrogens is 1. The number of aryl methyl sites for hydroxylation is 1. The van der Waals surface area contributed by atoms with Crippen molar-refractivity contribution < 1.29 is 19.3 Å². The van der Waals surface area contributed by atoms with Crippen LogP contribution in [0.4, 0.5) is 0 Å². The Morgan fingerprint density at radius 2 is 0.939 bits per heavy atom. The monoisotopic (exact) mass is 670 g/mol. The summed E-state index contributed by atoms with van der Waals surface area (Å²) in [5, 5.41) is 12.7. The van der Waals surface area contributed by atoms with Crippen molar-refractivity contribution in [3.8, 4) is 45.3 Å². The number of nitrogens with two attached hydrogens (primary N) is 5. The van der Waals surface area contributed by atoms with Gasteiger partial charge < -0.3 is 52.6 Å². The highest BCUT2D eigenvalue weighted by Crippen LogP contribution is 2.38. The first-order valence-corrected chi connectivity index (χ1v) is 17.4. The molecule has 0 fully saturated rings. The Kier molecular flexibility index (Phi) is 15.0. The van der Waals surface area contributed by atoms with Crippen molar-refractivity contribution in [2.45, 2.75) is 45.6 Å². The van der Waals surface area contributed by atoms with Crippen LogP contribution in [0.2, 0.25) is 0 Å². The normalized spacial score (nSPS) is 11.1. The molecule has 0 saturated carbocycles. The first kappa shape index (κ1) is 37.5. The molecule has 0 bridgehead atoms. The average Bonchev–Trinajstić information content (AvgIpc) is 3.43. The van der Waals surface area contributed by atoms with Crippen LogP contribution in [0.15, 0.2) is 72.8 Å². The van der Waals surface area contributed by atoms with Gasteiger partial charge in [0.05, 0.1) is 19.8 Å². The fraction of sp³-hybridized carbons (Fsp3) is 0.385. The van der Waals surface area contributed by atoms with Gasteiger partial charge in [0.25, 0.3) is 0 Å². The van der Waals surface area contributed by atoms with Gasteiger partial charge in [0, 0.05) is 40.5 Å². The van der Waals surface area contributed by atoms with E-state index in [1.807, 2.05) is 24.3 Å². The average molecular weight is 671 g/mol. The molecule has 0 radical (unpaired) electrons. The van der Waals surface area contributed by atoms with Crippen LogP contribution in [-0.2, 0) is 6.54 Å². The number of nitrogens with zero attached hydrogens (tertiary/aromatic N) is 1. The molecule has 0 aliphatic heterocycles. The SMILES string of the molecule is CCCN.NCCCOc1cc(O)cc(-c2ccc3c(c2)c2cc(-c4cc(OCCCN)cc(OCCCN)c4)ccc2n3CCCN)c1. The number of aromatic hydroxyl groups is 1. The molecular weight excluding hydrogens is 616 g/mol. The molecule has 0 saturated heterocycles. The van der Waals surface area contributed by atoms with E-state index in [4.69, 9.17) is 42.9 Å². The summed E-state index contributed by atoms with van der Waals surface area (Å²) in [5.41, 5.74) is 34.1. The Hall–Kier alpha value is -4.32. The van der Waals surface area contributed by atoms with Gasteiger partial charge >= 0.3 is 0 Å². The van der Waals surface area contributed by atoms with Gasteiger partial charge in [0.1, 0.15) is 23.0 Å². The van der Waals surface area contributed by atoms with E-state index in [0.717, 1.165) is 101 Å². The van der Waals surface area contributed by atoms with E-state index < -0.39 is 0 Å². The van der Waals surface area contributed by atoms with Crippen molar-refractivity contribution in [2.24, 2.45) is 28.7 Å². The number of ether oxygens (including phenoxy) is 3. The number of hydrogen-bond acceptors (Lipinski definition) is 9. The predicted octanol–water partition coefficient (Wildman–Crippen LogP) is 5.72. The quantitative estimate of drug-likeness (QED) is 0.0635. The highest BCUT2D eigenvalue weighted by Gasteiger charge is 2.15. The van der Waals surface area contributed by atoms with E-state index in [2.05, 4.69) is 47.9 Å². The first-order chi connectivity index (χ1) is 24.0. The van der Waals surface area contributed by atoms with Crippen LogP contribution in [0.3, 0.4) is 0 Å². The third-order valence-corrected chi connectivity index (χ3v) is 8.03. The van der Waals surface area contributed by atoms with Crippen molar-refractivity contribution in [1.29, 1.82) is 0 Å². The number of rotatable bonds is 18. The summed E-state index contributed by atoms with van der Waals surface area (Å²) < 4.78 is 20.3. The summed E-state index contributed by atoms with van der Waals surface area (Å²) in [6.07, 6.45) is 4.24. The Morgan fingerprint density at radius 1 is 0.510 bits per heavy atom. The summed E-state index contributed by atoms with van der Waals surface area (Å²) in [6.45, 7) is 7.54. The van der Waals surface area contributed by atoms with E-state index in [0.29, 0.717) is 51.7 Å². The predicted molar refractivity (Wildman–Crippen MR) is 202 cm³/mol. The number of fused-ring (bicyclic) bond motifs is 3. The fourth-order valence-corrected chi connectivity index (χ4v) is 5.51. The molecule has 49 heavy (non-hydrogen) atoms. The van der Waals surface area contributed by atoms with E-state index in [1.165, 1.54) is 0 Å². The van der Waals surface area contributed by atoms with Crippen molar-refractivity contribution in [3.63, 3.8) is 0 Å². The molecular formula is C39H54N6O4. The summed E-state index contributed by atoms with van der Waals surface area (Å²) >= 11 is 0. The summed E-state index contributed by atoms with van der Waals surface area (Å²) in [6, 6.07) is 24.3. The number of phenolic OH excluding ortho intramolecular Hbond substituents is 1. The molecule has 0 spiro atoms. The minimum absolute atomic E-state index is 0.154. The van der Waals surface area contributed by atoms with Crippen molar-refractivity contribution in [1.82, 2.24) is 4.57 Å². The number of phenols is 1. The van der Waals surface area contributed by atoms with E-state index in [9.17, 15) is 5.11 Å². The Morgan fingerprint density at radius 3 is 1.37 bits per heavy atom. The van der Waals surface area contributed by atoms with Gasteiger partial charge in [-0.15, -0.1) is 0 Å². The van der Waals surface area contributed by atoms with Gasteiger partial charge in [-0.1, -0.05) is 19.1 Å². The Bertz CT molecular complexity index is 1730. The molecule has 0 aliphatic rings. The molecule has 0 atom stereocenters. The minimum Gasteiger partial charge on any atom is -0.508 e. The lowest BCUT2D eigenvalue weighted by Gasteiger charge is -2.13. The van der Waals surface area contributed by atoms with Crippen LogP contribution in [0, 0.1) is 0 Å². The van der Waals surface area contributed by atoms with Gasteiger partial charge in [0.15, 0.2) is 0 Å². The summed E-state index contributed by atoms with van der Waals surface area (Å²) in [5.74, 6) is 2.25. The third-order valence-electron chi connectivity index (χ3n) is 8.03. The van der Waals surface area contributed by atoms with Crippen LogP contribution in [-0.4, -0.2) is 62.2 Å². The molecule has 1 aromatic heterocycles. The molecule has 0 unspecified atom stereocenters. The van der Waals surface area contributed by atoms with Crippen LogP contribution >= 0.6 is 0 Å². The second-order valence-corrected chi connectivity index (χ2v) is 11.9. The molecule has 10 nitrogen and oxygen atoms in total. The molecule has 10 heteroatoms. The Labute approximate surface area is 290 Å². The maximum atomic E-state index is 10.5. The molecule has 264 valence electrons. The number of hydrogen-bond donors (Lipinski definition) is 6. The van der Waals surface area contributed by atoms with Crippen molar-refractivity contribution >= 4 is 21.8 Å². The van der Waals surface area contributed by atoms with Gasteiger partial charge in [-0.25, -0.2) is 0 Å². The first-order valence-electron chi connectivity index (χ1n) is 17.4. The van der Waals surface area contributed by atoms with E-state index in [1.54, 1.807) is 12.1 Å². The van der Waals surface area contributed by atoms with Gasteiger partial charge in [0.2, 0.25) is 0 Å². The molecule has 5 rings (SSSR count). The van der Waals surface area contributed by atoms with Crippen LogP contribution in [0.25, 0.3) is 44.1 Å². The van der Waals surface area contributed by atoms with Crippen molar-refractivity contribution in [2.75, 3.05) is 52.5 Å². The van der Waals surface area contributed by atoms with E-state index >= 15 is 0 Å². The molecule has 0 aliphatic carbocycles. The smallest absolute Gasteiger partial charge is 0.123 e. The van der Waals surface area contributed by atoms with Gasteiger partial charge in [-0.3, -0.25) is 0 Å². The van der Waals surface area contributed by atoms with Gasteiger partial charge in [-0.05, 0) is 136 Å². The molecule has 4 aromatic carbocycles. The molecule has 11 N–H and O–H groups in total. The van der Waals surface area contributed by atoms with Crippen molar-refractivity contribution in [3.05, 3.63) is 72.8 Å². The van der Waals surface area contributed by atoms with Crippen LogP contribution in [0.1, 0.15) is 39.0 Å². The van der Waals surface area contributed by atoms with Crippen LogP contribution < -0.4 is 42.9 Å².